The summed E-state index contributed by atoms with van der Waals surface area (Å²) < 4.78 is 1.40. The number of nitrogens with one attached hydrogen (secondary N) is 1. The Bertz CT molecular complexity index is 1850. The number of fused-ring (bicyclic) bond motifs is 2. The van der Waals surface area contributed by atoms with Crippen molar-refractivity contribution in [3.8, 4) is 0 Å². The molecule has 0 spiro atoms. The van der Waals surface area contributed by atoms with Crippen LogP contribution >= 0.6 is 46.3 Å². The van der Waals surface area contributed by atoms with E-state index in [-0.39, 0.29) is 23.2 Å². The number of carbonyl (C=O) groups excluding carboxylic acids is 3. The summed E-state index contributed by atoms with van der Waals surface area (Å²) in [6, 6.07) is 20.0. The number of hydrogen-bond acceptors (Lipinski definition) is 7. The molecule has 1 aromatic heterocycles. The molecule has 8 nitrogen and oxygen atoms in total. The molecule has 1 fully saturated rings. The van der Waals surface area contributed by atoms with Gasteiger partial charge in [0.15, 0.2) is 0 Å². The molecule has 45 heavy (non-hydrogen) atoms. The number of hydrogen-bond donors (Lipinski definition) is 1. The van der Waals surface area contributed by atoms with Crippen LogP contribution in [-0.4, -0.2) is 40.6 Å². The number of aromatic nitrogens is 1. The average Bonchev–Trinajstić information content (AvgIpc) is 3.46. The first-order valence-corrected chi connectivity index (χ1v) is 17.0. The minimum absolute atomic E-state index is 0.271. The number of aryl methyl sites for hydroxylation is 1. The molecule has 0 radical (unpaired) electrons. The van der Waals surface area contributed by atoms with Gasteiger partial charge in [0, 0.05) is 35.3 Å². The number of rotatable bonds is 8. The number of nitrogens with zero attached hydrogens (tertiary/aromatic N) is 3. The van der Waals surface area contributed by atoms with E-state index < -0.39 is 23.0 Å². The van der Waals surface area contributed by atoms with Gasteiger partial charge in [0.25, 0.3) is 0 Å². The first-order chi connectivity index (χ1) is 21.6. The van der Waals surface area contributed by atoms with Gasteiger partial charge in [0.1, 0.15) is 11.8 Å². The smallest absolute Gasteiger partial charge is 0.308 e. The van der Waals surface area contributed by atoms with Crippen LogP contribution in [0.5, 0.6) is 0 Å². The van der Waals surface area contributed by atoms with E-state index >= 15 is 0 Å². The van der Waals surface area contributed by atoms with E-state index in [1.807, 2.05) is 43.3 Å². The van der Waals surface area contributed by atoms with Gasteiger partial charge in [0.2, 0.25) is 17.7 Å². The molecule has 2 aliphatic rings. The minimum Gasteiger partial charge on any atom is -0.372 e. The molecule has 3 amide bonds. The van der Waals surface area contributed by atoms with E-state index in [0.29, 0.717) is 31.3 Å². The van der Waals surface area contributed by atoms with Crippen LogP contribution in [0.1, 0.15) is 35.8 Å². The van der Waals surface area contributed by atoms with E-state index in [9.17, 15) is 19.2 Å². The fourth-order valence-electron chi connectivity index (χ4n) is 5.96. The molecular formula is C33H30Cl2N4O4S2. The fourth-order valence-corrected chi connectivity index (χ4v) is 9.03. The molecule has 3 aromatic carbocycles. The van der Waals surface area contributed by atoms with Crippen molar-refractivity contribution in [2.45, 2.75) is 43.5 Å². The van der Waals surface area contributed by atoms with Gasteiger partial charge in [-0.3, -0.25) is 23.7 Å². The first-order valence-electron chi connectivity index (χ1n) is 14.6. The lowest BCUT2D eigenvalue weighted by Crippen LogP contribution is -2.33. The normalized spacial score (nSPS) is 19.0. The molecule has 1 N–H and O–H groups in total. The summed E-state index contributed by atoms with van der Waals surface area (Å²) in [4.78, 5) is 58.6. The van der Waals surface area contributed by atoms with Crippen molar-refractivity contribution in [2.24, 2.45) is 5.92 Å². The highest BCUT2D eigenvalue weighted by molar-refractivity contribution is 8.00. The SMILES string of the molecule is CCN(CC)c1ccc(C2c3sc(=O)n(CC(=O)Nc4ccc(Cl)c(Cl)c4)c3SC3C(=O)N(c4ccc(C)cc4)C(=O)C32)cc1. The number of imide groups is 1. The molecule has 3 atom stereocenters. The lowest BCUT2D eigenvalue weighted by molar-refractivity contribution is -0.122. The van der Waals surface area contributed by atoms with E-state index in [4.69, 9.17) is 23.2 Å². The molecule has 1 saturated heterocycles. The van der Waals surface area contributed by atoms with Crippen molar-refractivity contribution in [1.82, 2.24) is 4.57 Å². The monoisotopic (exact) mass is 680 g/mol. The maximum absolute atomic E-state index is 14.1. The highest BCUT2D eigenvalue weighted by Crippen LogP contribution is 2.54. The predicted octanol–water partition coefficient (Wildman–Crippen LogP) is 6.81. The molecule has 3 unspecified atom stereocenters. The molecule has 232 valence electrons. The van der Waals surface area contributed by atoms with E-state index in [2.05, 4.69) is 24.1 Å². The Morgan fingerprint density at radius 1 is 0.911 bits per heavy atom. The number of halogens is 2. The molecular weight excluding hydrogens is 651 g/mol. The third-order valence-electron chi connectivity index (χ3n) is 8.23. The number of anilines is 3. The lowest BCUT2D eigenvalue weighted by Gasteiger charge is -2.31. The molecule has 4 aromatic rings. The quantitative estimate of drug-likeness (QED) is 0.206. The van der Waals surface area contributed by atoms with Gasteiger partial charge >= 0.3 is 4.87 Å². The van der Waals surface area contributed by atoms with Gasteiger partial charge in [-0.2, -0.15) is 0 Å². The Morgan fingerprint density at radius 3 is 2.24 bits per heavy atom. The molecule has 0 aliphatic carbocycles. The second-order valence-corrected chi connectivity index (χ2v) is 13.9. The third-order valence-corrected chi connectivity index (χ3v) is 11.6. The van der Waals surface area contributed by atoms with Gasteiger partial charge in [0.05, 0.1) is 26.7 Å². The second kappa shape index (κ2) is 12.7. The summed E-state index contributed by atoms with van der Waals surface area (Å²) in [6.45, 7) is 7.54. The summed E-state index contributed by atoms with van der Waals surface area (Å²) in [5.41, 5.74) is 3.86. The Kier molecular flexibility index (Phi) is 8.85. The Hall–Kier alpha value is -3.57. The van der Waals surface area contributed by atoms with Crippen molar-refractivity contribution in [3.05, 3.63) is 102 Å². The van der Waals surface area contributed by atoms with Crippen molar-refractivity contribution < 1.29 is 14.4 Å². The largest absolute Gasteiger partial charge is 0.372 e. The van der Waals surface area contributed by atoms with Crippen molar-refractivity contribution in [1.29, 1.82) is 0 Å². The van der Waals surface area contributed by atoms with Crippen molar-refractivity contribution in [3.63, 3.8) is 0 Å². The summed E-state index contributed by atoms with van der Waals surface area (Å²) in [5.74, 6) is -2.32. The molecule has 2 aliphatic heterocycles. The van der Waals surface area contributed by atoms with Gasteiger partial charge in [-0.05, 0) is 68.8 Å². The maximum Gasteiger partial charge on any atom is 0.308 e. The van der Waals surface area contributed by atoms with Crippen LogP contribution in [0, 0.1) is 12.8 Å². The number of benzene rings is 3. The fraction of sp³-hybridized carbons (Fsp3) is 0.273. The molecule has 3 heterocycles. The lowest BCUT2D eigenvalue weighted by atomic mass is 9.83. The third kappa shape index (κ3) is 5.80. The predicted molar refractivity (Wildman–Crippen MR) is 182 cm³/mol. The first kappa shape index (κ1) is 31.4. The summed E-state index contributed by atoms with van der Waals surface area (Å²) in [7, 11) is 0. The highest BCUT2D eigenvalue weighted by atomic mass is 35.5. The molecule has 0 saturated carbocycles. The zero-order valence-electron chi connectivity index (χ0n) is 24.8. The topological polar surface area (TPSA) is 91.7 Å². The zero-order chi connectivity index (χ0) is 32.0. The van der Waals surface area contributed by atoms with E-state index in [0.717, 1.165) is 41.2 Å². The summed E-state index contributed by atoms with van der Waals surface area (Å²) in [5, 5.41) is 3.18. The van der Waals surface area contributed by atoms with Crippen LogP contribution in [0.2, 0.25) is 10.0 Å². The van der Waals surface area contributed by atoms with Gasteiger partial charge in [-0.15, -0.1) is 0 Å². The number of amides is 3. The van der Waals surface area contributed by atoms with Crippen LogP contribution in [-0.2, 0) is 20.9 Å². The number of thiazole rings is 1. The maximum atomic E-state index is 14.1. The zero-order valence-corrected chi connectivity index (χ0v) is 27.9. The van der Waals surface area contributed by atoms with Crippen molar-refractivity contribution in [2.75, 3.05) is 28.2 Å². The highest BCUT2D eigenvalue weighted by Gasteiger charge is 2.56. The summed E-state index contributed by atoms with van der Waals surface area (Å²) in [6.07, 6.45) is 0. The van der Waals surface area contributed by atoms with Crippen LogP contribution in [0.25, 0.3) is 0 Å². The standard InChI is InChI=1S/C33H30Cl2N4O4S2/c1-4-37(5-2)21-13-8-19(9-14-21)26-27-28(31(42)39(30(27)41)22-11-6-18(3)7-12-22)44-32-29(26)45-33(43)38(32)17-25(40)36-20-10-15-23(34)24(35)16-20/h6-16,26-28H,4-5,17H2,1-3H3,(H,36,40). The number of thioether (sulfide) groups is 1. The Labute approximate surface area is 278 Å². The molecule has 0 bridgehead atoms. The van der Waals surface area contributed by atoms with Crippen LogP contribution in [0.3, 0.4) is 0 Å². The van der Waals surface area contributed by atoms with Gasteiger partial charge in [-0.1, -0.05) is 76.1 Å². The Morgan fingerprint density at radius 2 is 1.60 bits per heavy atom. The minimum atomic E-state index is -0.767. The van der Waals surface area contributed by atoms with Gasteiger partial charge < -0.3 is 10.2 Å². The Balaban J connectivity index is 1.40. The number of carbonyl (C=O) groups is 3. The van der Waals surface area contributed by atoms with E-state index in [1.165, 1.54) is 27.3 Å². The van der Waals surface area contributed by atoms with Crippen LogP contribution < -0.4 is 20.0 Å². The summed E-state index contributed by atoms with van der Waals surface area (Å²) >= 11 is 14.3. The molecule has 6 rings (SSSR count). The van der Waals surface area contributed by atoms with E-state index in [1.54, 1.807) is 24.3 Å². The van der Waals surface area contributed by atoms with Crippen molar-refractivity contribution >= 4 is 81.1 Å². The second-order valence-electron chi connectivity index (χ2n) is 11.0. The average molecular weight is 682 g/mol. The van der Waals surface area contributed by atoms with Crippen LogP contribution in [0.4, 0.5) is 17.1 Å². The van der Waals surface area contributed by atoms with Crippen LogP contribution in [0.15, 0.2) is 76.6 Å². The molecule has 12 heteroatoms. The van der Waals surface area contributed by atoms with Gasteiger partial charge in [-0.25, -0.2) is 4.90 Å².